The molecule has 102 valence electrons. The van der Waals surface area contributed by atoms with Crippen LogP contribution in [-0.4, -0.2) is 29.3 Å². The van der Waals surface area contributed by atoms with Crippen molar-refractivity contribution in [1.29, 1.82) is 0 Å². The van der Waals surface area contributed by atoms with E-state index in [9.17, 15) is 4.79 Å². The molecule has 0 atom stereocenters. The first kappa shape index (κ1) is 13.8. The third-order valence-electron chi connectivity index (χ3n) is 4.69. The van der Waals surface area contributed by atoms with E-state index in [1.165, 1.54) is 32.1 Å². The molecule has 2 nitrogen and oxygen atoms in total. The van der Waals surface area contributed by atoms with Crippen molar-refractivity contribution >= 4 is 5.78 Å². The maximum absolute atomic E-state index is 12.7. The Morgan fingerprint density at radius 3 is 2.22 bits per heavy atom. The molecule has 0 spiro atoms. The summed E-state index contributed by atoms with van der Waals surface area (Å²) >= 11 is 0. The molecule has 0 unspecified atom stereocenters. The Bertz CT molecular complexity index is 309. The van der Waals surface area contributed by atoms with E-state index >= 15 is 0 Å². The molecule has 1 saturated carbocycles. The van der Waals surface area contributed by atoms with E-state index in [4.69, 9.17) is 0 Å². The maximum atomic E-state index is 12.7. The van der Waals surface area contributed by atoms with E-state index in [-0.39, 0.29) is 5.54 Å². The molecule has 0 radical (unpaired) electrons. The smallest absolute Gasteiger partial charge is 0.153 e. The van der Waals surface area contributed by atoms with Gasteiger partial charge in [-0.3, -0.25) is 9.69 Å². The Kier molecular flexibility index (Phi) is 4.60. The van der Waals surface area contributed by atoms with Gasteiger partial charge in [0.1, 0.15) is 0 Å². The molecule has 0 N–H and O–H groups in total. The molecule has 2 fully saturated rings. The minimum absolute atomic E-state index is 0.0874. The van der Waals surface area contributed by atoms with Gasteiger partial charge < -0.3 is 0 Å². The van der Waals surface area contributed by atoms with Gasteiger partial charge in [-0.1, -0.05) is 24.8 Å². The average molecular weight is 249 g/mol. The largest absolute Gasteiger partial charge is 0.298 e. The zero-order valence-electron chi connectivity index (χ0n) is 11.8. The number of Topliss-reactive ketones (excluding diaryl/α,β-unsaturated/α-hetero) is 1. The lowest BCUT2D eigenvalue weighted by atomic mass is 9.85. The third kappa shape index (κ3) is 2.85. The fraction of sp³-hybridized carbons (Fsp3) is 0.812. The highest BCUT2D eigenvalue weighted by molar-refractivity contribution is 5.89. The number of likely N-dealkylation sites (tertiary alicyclic amines) is 1. The molecular weight excluding hydrogens is 222 g/mol. The van der Waals surface area contributed by atoms with Crippen molar-refractivity contribution < 1.29 is 4.79 Å². The maximum Gasteiger partial charge on any atom is 0.153 e. The Morgan fingerprint density at radius 1 is 1.06 bits per heavy atom. The van der Waals surface area contributed by atoms with Gasteiger partial charge in [0.25, 0.3) is 0 Å². The van der Waals surface area contributed by atoms with Crippen LogP contribution in [0.3, 0.4) is 0 Å². The molecule has 0 aromatic rings. The Hall–Kier alpha value is -0.630. The van der Waals surface area contributed by atoms with Gasteiger partial charge in [0.15, 0.2) is 5.78 Å². The van der Waals surface area contributed by atoms with Gasteiger partial charge in [0.05, 0.1) is 5.54 Å². The molecule has 1 heterocycles. The van der Waals surface area contributed by atoms with Crippen molar-refractivity contribution in [3.05, 3.63) is 12.2 Å². The summed E-state index contributed by atoms with van der Waals surface area (Å²) in [5.41, 5.74) is 1.05. The summed E-state index contributed by atoms with van der Waals surface area (Å²) in [5, 5.41) is 0. The van der Waals surface area contributed by atoms with Gasteiger partial charge in [0, 0.05) is 6.42 Å². The normalized spacial score (nSPS) is 24.1. The van der Waals surface area contributed by atoms with Gasteiger partial charge in [0.2, 0.25) is 0 Å². The standard InChI is InChI=1S/C16H27NO/c1-14(2)8-9-15(18)16(10-4-5-11-16)17-12-6-3-7-13-17/h1,3-13H2,2H3. The molecule has 0 aromatic carbocycles. The topological polar surface area (TPSA) is 20.3 Å². The molecule has 2 rings (SSSR count). The first-order valence-corrected chi connectivity index (χ1v) is 7.58. The molecular formula is C16H27NO. The predicted molar refractivity (Wildman–Crippen MR) is 75.7 cm³/mol. The summed E-state index contributed by atoms with van der Waals surface area (Å²) in [6, 6.07) is 0. The lowest BCUT2D eigenvalue weighted by Crippen LogP contribution is -2.54. The van der Waals surface area contributed by atoms with Gasteiger partial charge in [-0.05, 0) is 52.1 Å². The number of hydrogen-bond acceptors (Lipinski definition) is 2. The van der Waals surface area contributed by atoms with Crippen molar-refractivity contribution in [2.24, 2.45) is 0 Å². The van der Waals surface area contributed by atoms with Crippen LogP contribution in [0.1, 0.15) is 64.7 Å². The van der Waals surface area contributed by atoms with E-state index in [0.29, 0.717) is 12.2 Å². The van der Waals surface area contributed by atoms with Crippen LogP contribution in [0, 0.1) is 0 Å². The Labute approximate surface area is 111 Å². The first-order chi connectivity index (χ1) is 8.65. The number of carbonyl (C=O) groups excluding carboxylic acids is 1. The van der Waals surface area contributed by atoms with Crippen LogP contribution in [0.5, 0.6) is 0 Å². The second-order valence-corrected chi connectivity index (χ2v) is 6.17. The second kappa shape index (κ2) is 6.01. The number of ketones is 1. The highest BCUT2D eigenvalue weighted by Gasteiger charge is 2.45. The number of rotatable bonds is 5. The van der Waals surface area contributed by atoms with E-state index in [2.05, 4.69) is 11.5 Å². The van der Waals surface area contributed by atoms with Crippen molar-refractivity contribution in [3.8, 4) is 0 Å². The Morgan fingerprint density at radius 2 is 1.67 bits per heavy atom. The van der Waals surface area contributed by atoms with Gasteiger partial charge >= 0.3 is 0 Å². The monoisotopic (exact) mass is 249 g/mol. The van der Waals surface area contributed by atoms with Crippen LogP contribution < -0.4 is 0 Å². The van der Waals surface area contributed by atoms with Gasteiger partial charge in [-0.15, -0.1) is 6.58 Å². The second-order valence-electron chi connectivity index (χ2n) is 6.17. The first-order valence-electron chi connectivity index (χ1n) is 7.58. The summed E-state index contributed by atoms with van der Waals surface area (Å²) in [6.45, 7) is 8.22. The van der Waals surface area contributed by atoms with Crippen molar-refractivity contribution in [2.75, 3.05) is 13.1 Å². The van der Waals surface area contributed by atoms with E-state index in [1.54, 1.807) is 0 Å². The fourth-order valence-electron chi connectivity index (χ4n) is 3.61. The number of piperidine rings is 1. The zero-order chi connectivity index (χ0) is 13.0. The number of carbonyl (C=O) groups is 1. The molecule has 18 heavy (non-hydrogen) atoms. The minimum Gasteiger partial charge on any atom is -0.298 e. The molecule has 2 heteroatoms. The highest BCUT2D eigenvalue weighted by Crippen LogP contribution is 2.38. The Balaban J connectivity index is 2.05. The summed E-state index contributed by atoms with van der Waals surface area (Å²) in [7, 11) is 0. The fourth-order valence-corrected chi connectivity index (χ4v) is 3.61. The zero-order valence-corrected chi connectivity index (χ0v) is 11.8. The van der Waals surface area contributed by atoms with Gasteiger partial charge in [-0.25, -0.2) is 0 Å². The van der Waals surface area contributed by atoms with Crippen LogP contribution in [0.15, 0.2) is 12.2 Å². The molecule has 0 aromatic heterocycles. The molecule has 1 saturated heterocycles. The lowest BCUT2D eigenvalue weighted by Gasteiger charge is -2.42. The SMILES string of the molecule is C=C(C)CCC(=O)C1(N2CCCCC2)CCCC1. The molecule has 0 amide bonds. The predicted octanol–water partition coefficient (Wildman–Crippen LogP) is 3.71. The van der Waals surface area contributed by atoms with Crippen LogP contribution in [-0.2, 0) is 4.79 Å². The number of allylic oxidation sites excluding steroid dienone is 1. The molecule has 1 aliphatic heterocycles. The van der Waals surface area contributed by atoms with E-state index < -0.39 is 0 Å². The highest BCUT2D eigenvalue weighted by atomic mass is 16.1. The molecule has 1 aliphatic carbocycles. The van der Waals surface area contributed by atoms with Crippen LogP contribution in [0.4, 0.5) is 0 Å². The summed E-state index contributed by atoms with van der Waals surface area (Å²) in [5.74, 6) is 0.491. The number of nitrogens with zero attached hydrogens (tertiary/aromatic N) is 1. The summed E-state index contributed by atoms with van der Waals surface area (Å²) in [4.78, 5) is 15.2. The number of hydrogen-bond donors (Lipinski definition) is 0. The van der Waals surface area contributed by atoms with Crippen molar-refractivity contribution in [1.82, 2.24) is 4.90 Å². The summed E-state index contributed by atoms with van der Waals surface area (Å²) in [6.07, 6.45) is 10.1. The average Bonchev–Trinajstić information content (AvgIpc) is 2.87. The third-order valence-corrected chi connectivity index (χ3v) is 4.69. The van der Waals surface area contributed by atoms with Gasteiger partial charge in [-0.2, -0.15) is 0 Å². The van der Waals surface area contributed by atoms with E-state index in [1.807, 2.05) is 6.92 Å². The van der Waals surface area contributed by atoms with Crippen LogP contribution >= 0.6 is 0 Å². The molecule has 2 aliphatic rings. The van der Waals surface area contributed by atoms with Crippen molar-refractivity contribution in [3.63, 3.8) is 0 Å². The quantitative estimate of drug-likeness (QED) is 0.692. The van der Waals surface area contributed by atoms with Crippen LogP contribution in [0.25, 0.3) is 0 Å². The summed E-state index contributed by atoms with van der Waals surface area (Å²) < 4.78 is 0. The lowest BCUT2D eigenvalue weighted by molar-refractivity contribution is -0.132. The van der Waals surface area contributed by atoms with Crippen LogP contribution in [0.2, 0.25) is 0 Å². The molecule has 0 bridgehead atoms. The van der Waals surface area contributed by atoms with Crippen molar-refractivity contribution in [2.45, 2.75) is 70.3 Å². The minimum atomic E-state index is -0.0874. The van der Waals surface area contributed by atoms with E-state index in [0.717, 1.165) is 37.9 Å².